The molecule has 96 valence electrons. The van der Waals surface area contributed by atoms with Crippen molar-refractivity contribution in [2.45, 2.75) is 6.92 Å². The van der Waals surface area contributed by atoms with Crippen molar-refractivity contribution in [2.75, 3.05) is 13.6 Å². The largest absolute Gasteiger partial charge is 0.316 e. The molecule has 1 aliphatic rings. The van der Waals surface area contributed by atoms with E-state index in [0.717, 1.165) is 12.1 Å². The molecule has 19 heavy (non-hydrogen) atoms. The maximum Gasteiger partial charge on any atom is 0.0292 e. The number of hydrogen-bond acceptors (Lipinski definition) is 1. The van der Waals surface area contributed by atoms with Gasteiger partial charge in [0.25, 0.3) is 0 Å². The Labute approximate surface area is 115 Å². The Balaban J connectivity index is 2.39. The molecule has 1 heteroatoms. The molecule has 0 aliphatic heterocycles. The van der Waals surface area contributed by atoms with Crippen LogP contribution in [0.5, 0.6) is 0 Å². The van der Waals surface area contributed by atoms with Gasteiger partial charge in [0.1, 0.15) is 0 Å². The Bertz CT molecular complexity index is 623. The van der Waals surface area contributed by atoms with Gasteiger partial charge in [-0.2, -0.15) is 0 Å². The molecule has 1 aliphatic carbocycles. The van der Waals surface area contributed by atoms with Crippen LogP contribution in [-0.4, -0.2) is 13.6 Å². The Hall–Kier alpha value is -2.08. The molecule has 1 nitrogen and oxygen atoms in total. The van der Waals surface area contributed by atoms with Gasteiger partial charge in [-0.1, -0.05) is 43.5 Å². The predicted molar refractivity (Wildman–Crippen MR) is 83.9 cm³/mol. The highest BCUT2D eigenvalue weighted by Gasteiger charge is 2.29. The van der Waals surface area contributed by atoms with Crippen molar-refractivity contribution in [3.05, 3.63) is 77.1 Å². The minimum atomic E-state index is 0.874. The standard InChI is InChI=1S/C18H19N/c1-5-7-8-14-11-15(10-9-13(14)3)18-16(6-2)17(18)12-19-4/h5,7-11,19H,1-2,12H2,3-4H3/b8-7-. The topological polar surface area (TPSA) is 12.0 Å². The van der Waals surface area contributed by atoms with Crippen molar-refractivity contribution in [3.8, 4) is 0 Å². The highest BCUT2D eigenvalue weighted by Crippen LogP contribution is 2.45. The van der Waals surface area contributed by atoms with Gasteiger partial charge >= 0.3 is 0 Å². The van der Waals surface area contributed by atoms with E-state index >= 15 is 0 Å². The lowest BCUT2D eigenvalue weighted by molar-refractivity contribution is 0.908. The van der Waals surface area contributed by atoms with Crippen LogP contribution in [0.15, 0.2) is 60.4 Å². The molecule has 0 heterocycles. The number of rotatable bonds is 5. The summed E-state index contributed by atoms with van der Waals surface area (Å²) in [5, 5.41) is 3.18. The van der Waals surface area contributed by atoms with Crippen LogP contribution in [-0.2, 0) is 0 Å². The third-order valence-electron chi connectivity index (χ3n) is 3.30. The maximum atomic E-state index is 3.76. The number of allylic oxidation sites excluding steroid dienone is 3. The van der Waals surface area contributed by atoms with Crippen molar-refractivity contribution >= 4 is 11.6 Å². The molecule has 0 spiro atoms. The van der Waals surface area contributed by atoms with Crippen molar-refractivity contribution in [1.29, 1.82) is 0 Å². The van der Waals surface area contributed by atoms with Crippen LogP contribution in [0.2, 0.25) is 0 Å². The molecule has 0 atom stereocenters. The predicted octanol–water partition coefficient (Wildman–Crippen LogP) is 3.89. The molecule has 0 unspecified atom stereocenters. The first kappa shape index (κ1) is 13.4. The molecule has 1 N–H and O–H groups in total. The van der Waals surface area contributed by atoms with Crippen molar-refractivity contribution < 1.29 is 0 Å². The van der Waals surface area contributed by atoms with Gasteiger partial charge in [0, 0.05) is 17.7 Å². The van der Waals surface area contributed by atoms with Gasteiger partial charge in [-0.05, 0) is 42.3 Å². The van der Waals surface area contributed by atoms with Crippen LogP contribution in [0.25, 0.3) is 11.6 Å². The number of aryl methyl sites for hydroxylation is 1. The van der Waals surface area contributed by atoms with E-state index in [2.05, 4.69) is 55.4 Å². The zero-order valence-corrected chi connectivity index (χ0v) is 11.6. The van der Waals surface area contributed by atoms with Crippen LogP contribution in [0.4, 0.5) is 0 Å². The fourth-order valence-corrected chi connectivity index (χ4v) is 2.24. The number of likely N-dealkylation sites (N-methyl/N-ethyl adjacent to an activating group) is 1. The van der Waals surface area contributed by atoms with Gasteiger partial charge in [-0.15, -0.1) is 5.73 Å². The second-order valence-electron chi connectivity index (χ2n) is 4.60. The minimum absolute atomic E-state index is 0.874. The van der Waals surface area contributed by atoms with Crippen LogP contribution in [0, 0.1) is 6.92 Å². The summed E-state index contributed by atoms with van der Waals surface area (Å²) < 4.78 is 0. The Morgan fingerprint density at radius 1 is 1.37 bits per heavy atom. The lowest BCUT2D eigenvalue weighted by Gasteiger charge is -2.02. The third kappa shape index (κ3) is 2.68. The molecule has 0 amide bonds. The highest BCUT2D eigenvalue weighted by molar-refractivity contribution is 6.02. The van der Waals surface area contributed by atoms with E-state index in [1.165, 1.54) is 27.8 Å². The average Bonchev–Trinajstić information content (AvgIpc) is 3.11. The monoisotopic (exact) mass is 249 g/mol. The van der Waals surface area contributed by atoms with Crippen molar-refractivity contribution in [2.24, 2.45) is 0 Å². The SMILES string of the molecule is C=C=C1C(CNC)=C1c1ccc(C)c(/C=C\C=C)c1. The second-order valence-corrected chi connectivity index (χ2v) is 4.60. The Kier molecular flexibility index (Phi) is 4.01. The smallest absolute Gasteiger partial charge is 0.0292 e. The van der Waals surface area contributed by atoms with Crippen LogP contribution >= 0.6 is 0 Å². The third-order valence-corrected chi connectivity index (χ3v) is 3.30. The summed E-state index contributed by atoms with van der Waals surface area (Å²) >= 11 is 0. The van der Waals surface area contributed by atoms with Crippen LogP contribution in [0.3, 0.4) is 0 Å². The first-order valence-corrected chi connectivity index (χ1v) is 6.41. The van der Waals surface area contributed by atoms with Crippen molar-refractivity contribution in [3.63, 3.8) is 0 Å². The van der Waals surface area contributed by atoms with Gasteiger partial charge in [0.05, 0.1) is 0 Å². The van der Waals surface area contributed by atoms with Gasteiger partial charge in [0.15, 0.2) is 0 Å². The molecule has 0 saturated heterocycles. The summed E-state index contributed by atoms with van der Waals surface area (Å²) in [4.78, 5) is 0. The number of nitrogens with one attached hydrogen (secondary N) is 1. The van der Waals surface area contributed by atoms with E-state index in [9.17, 15) is 0 Å². The first-order chi connectivity index (χ1) is 9.22. The Morgan fingerprint density at radius 3 is 2.79 bits per heavy atom. The second kappa shape index (κ2) is 5.71. The van der Waals surface area contributed by atoms with E-state index in [0.29, 0.717) is 0 Å². The molecule has 0 bridgehead atoms. The zero-order valence-electron chi connectivity index (χ0n) is 11.6. The number of hydrogen-bond donors (Lipinski definition) is 1. The number of benzene rings is 1. The highest BCUT2D eigenvalue weighted by atomic mass is 14.8. The van der Waals surface area contributed by atoms with Gasteiger partial charge < -0.3 is 5.32 Å². The summed E-state index contributed by atoms with van der Waals surface area (Å²) in [5.41, 5.74) is 10.5. The summed E-state index contributed by atoms with van der Waals surface area (Å²) in [6.45, 7) is 10.5. The summed E-state index contributed by atoms with van der Waals surface area (Å²) in [5.74, 6) is 0. The molecule has 1 aromatic carbocycles. The summed E-state index contributed by atoms with van der Waals surface area (Å²) in [6, 6.07) is 6.53. The fourth-order valence-electron chi connectivity index (χ4n) is 2.24. The van der Waals surface area contributed by atoms with E-state index < -0.39 is 0 Å². The lowest BCUT2D eigenvalue weighted by Crippen LogP contribution is -2.05. The molecular formula is C18H19N. The quantitative estimate of drug-likeness (QED) is 0.616. The Morgan fingerprint density at radius 2 is 2.16 bits per heavy atom. The van der Waals surface area contributed by atoms with Gasteiger partial charge in [-0.3, -0.25) is 0 Å². The molecule has 0 fully saturated rings. The van der Waals surface area contributed by atoms with E-state index in [-0.39, 0.29) is 0 Å². The molecular weight excluding hydrogens is 230 g/mol. The first-order valence-electron chi connectivity index (χ1n) is 6.41. The lowest BCUT2D eigenvalue weighted by atomic mass is 10.0. The van der Waals surface area contributed by atoms with Crippen LogP contribution < -0.4 is 5.32 Å². The molecule has 0 aromatic heterocycles. The molecule has 2 rings (SSSR count). The van der Waals surface area contributed by atoms with E-state index in [1.807, 2.05) is 13.1 Å². The molecule has 0 saturated carbocycles. The normalized spacial score (nSPS) is 13.9. The van der Waals surface area contributed by atoms with Gasteiger partial charge in [-0.25, -0.2) is 0 Å². The van der Waals surface area contributed by atoms with Crippen LogP contribution in [0.1, 0.15) is 16.7 Å². The average molecular weight is 249 g/mol. The maximum absolute atomic E-state index is 3.76. The van der Waals surface area contributed by atoms with Gasteiger partial charge in [0.2, 0.25) is 0 Å². The molecule has 1 aromatic rings. The minimum Gasteiger partial charge on any atom is -0.316 e. The van der Waals surface area contributed by atoms with E-state index in [4.69, 9.17) is 0 Å². The fraction of sp³-hybridized carbons (Fsp3) is 0.167. The molecule has 0 radical (unpaired) electrons. The zero-order chi connectivity index (χ0) is 13.8. The summed E-state index contributed by atoms with van der Waals surface area (Å²) in [6.07, 6.45) is 5.85. The van der Waals surface area contributed by atoms with Crippen molar-refractivity contribution in [1.82, 2.24) is 5.32 Å². The summed E-state index contributed by atoms with van der Waals surface area (Å²) in [7, 11) is 1.96. The van der Waals surface area contributed by atoms with E-state index in [1.54, 1.807) is 6.08 Å².